The molecule has 0 aromatic rings. The number of nitrogens with two attached hydrogens (primary N) is 1. The highest BCUT2D eigenvalue weighted by Crippen LogP contribution is 2.13. The first kappa shape index (κ1) is 35.1. The Bertz CT molecular complexity index is 688. The van der Waals surface area contributed by atoms with Gasteiger partial charge in [-0.25, -0.2) is 9.59 Å². The Hall–Kier alpha value is -1.91. The number of likely N-dealkylation sites (tertiary alicyclic amines) is 2. The van der Waals surface area contributed by atoms with Crippen molar-refractivity contribution in [2.75, 3.05) is 53.5 Å². The number of piperidine rings is 2. The van der Waals surface area contributed by atoms with Crippen molar-refractivity contribution in [2.45, 2.75) is 116 Å². The maximum absolute atomic E-state index is 11.8. The summed E-state index contributed by atoms with van der Waals surface area (Å²) < 4.78 is 14.6. The number of rotatable bonds is 13. The average Bonchev–Trinajstić information content (AvgIpc) is 2.92. The Morgan fingerprint density at radius 2 is 1.21 bits per heavy atom. The Morgan fingerprint density at radius 1 is 0.744 bits per heavy atom. The predicted molar refractivity (Wildman–Crippen MR) is 153 cm³/mol. The summed E-state index contributed by atoms with van der Waals surface area (Å²) in [5, 5.41) is 2.61. The second kappa shape index (κ2) is 20.0. The van der Waals surface area contributed by atoms with Crippen LogP contribution in [0.5, 0.6) is 0 Å². The lowest BCUT2D eigenvalue weighted by Crippen LogP contribution is -2.44. The van der Waals surface area contributed by atoms with E-state index in [9.17, 15) is 14.4 Å². The number of amides is 1. The van der Waals surface area contributed by atoms with E-state index in [0.29, 0.717) is 6.42 Å². The highest BCUT2D eigenvalue weighted by molar-refractivity contribution is 5.81. The molecule has 0 radical (unpaired) electrons. The summed E-state index contributed by atoms with van der Waals surface area (Å²) in [5.74, 6) is -0.716. The minimum absolute atomic E-state index is 0.294. The van der Waals surface area contributed by atoms with Crippen molar-refractivity contribution < 1.29 is 28.6 Å². The number of carbonyl (C=O) groups is 3. The second-order valence-electron chi connectivity index (χ2n) is 11.6. The smallest absolute Gasteiger partial charge is 0.408 e. The van der Waals surface area contributed by atoms with E-state index in [1.165, 1.54) is 78.9 Å². The highest BCUT2D eigenvalue weighted by atomic mass is 16.6. The summed E-state index contributed by atoms with van der Waals surface area (Å²) in [4.78, 5) is 39.7. The summed E-state index contributed by atoms with van der Waals surface area (Å²) in [6.45, 7) is 12.4. The summed E-state index contributed by atoms with van der Waals surface area (Å²) in [5.41, 5.74) is 5.07. The van der Waals surface area contributed by atoms with Crippen molar-refractivity contribution in [3.05, 3.63) is 0 Å². The van der Waals surface area contributed by atoms with Gasteiger partial charge in [-0.1, -0.05) is 19.3 Å². The molecule has 0 aliphatic carbocycles. The Kier molecular flexibility index (Phi) is 18.0. The molecule has 0 aromatic carbocycles. The molecule has 10 nitrogen and oxygen atoms in total. The molecule has 39 heavy (non-hydrogen) atoms. The number of alkyl carbamates (subject to hydrolysis) is 1. The molecule has 0 bridgehead atoms. The number of carbonyl (C=O) groups excluding carboxylic acids is 3. The van der Waals surface area contributed by atoms with Crippen molar-refractivity contribution in [3.8, 4) is 0 Å². The van der Waals surface area contributed by atoms with Gasteiger partial charge < -0.3 is 35.1 Å². The molecule has 10 heteroatoms. The molecule has 2 aliphatic heterocycles. The van der Waals surface area contributed by atoms with Crippen molar-refractivity contribution in [2.24, 2.45) is 5.73 Å². The molecule has 0 aromatic heterocycles. The molecule has 2 heterocycles. The molecule has 3 N–H and O–H groups in total. The van der Waals surface area contributed by atoms with Crippen molar-refractivity contribution >= 4 is 18.0 Å². The van der Waals surface area contributed by atoms with Gasteiger partial charge in [-0.3, -0.25) is 4.79 Å². The van der Waals surface area contributed by atoms with Crippen LogP contribution in [0.1, 0.15) is 97.8 Å². The van der Waals surface area contributed by atoms with Gasteiger partial charge in [0, 0.05) is 0 Å². The molecule has 1 amide bonds. The SMILES string of the molecule is COC(=O)[C@@H](CCCCN1CCCCC1)NC(=O)OC(C)(C)C.COC(=O)[C@H](N)CCCCN1CCCCC1. The zero-order chi connectivity index (χ0) is 29.1. The Labute approximate surface area is 236 Å². The number of nitrogens with zero attached hydrogens (tertiary/aromatic N) is 2. The lowest BCUT2D eigenvalue weighted by atomic mass is 10.1. The molecule has 0 saturated carbocycles. The predicted octanol–water partition coefficient (Wildman–Crippen LogP) is 3.85. The quantitative estimate of drug-likeness (QED) is 0.198. The maximum atomic E-state index is 11.8. The first-order valence-corrected chi connectivity index (χ1v) is 14.9. The summed E-state index contributed by atoms with van der Waals surface area (Å²) in [6.07, 6.45) is 12.7. The van der Waals surface area contributed by atoms with Gasteiger partial charge in [-0.15, -0.1) is 0 Å². The fourth-order valence-electron chi connectivity index (χ4n) is 4.86. The molecular formula is C29H56N4O6. The van der Waals surface area contributed by atoms with Crippen LogP contribution in [0, 0.1) is 0 Å². The van der Waals surface area contributed by atoms with Gasteiger partial charge in [0.05, 0.1) is 14.2 Å². The van der Waals surface area contributed by atoms with Crippen LogP contribution in [0.15, 0.2) is 0 Å². The number of unbranched alkanes of at least 4 members (excludes halogenated alkanes) is 2. The lowest BCUT2D eigenvalue weighted by molar-refractivity contribution is -0.143. The van der Waals surface area contributed by atoms with Gasteiger partial charge >= 0.3 is 18.0 Å². The molecule has 2 rings (SSSR count). The van der Waals surface area contributed by atoms with Crippen LogP contribution in [-0.4, -0.2) is 99.0 Å². The molecule has 2 atom stereocenters. The van der Waals surface area contributed by atoms with Crippen LogP contribution in [0.2, 0.25) is 0 Å². The van der Waals surface area contributed by atoms with Crippen LogP contribution in [0.3, 0.4) is 0 Å². The van der Waals surface area contributed by atoms with Gasteiger partial charge in [-0.2, -0.15) is 0 Å². The van der Waals surface area contributed by atoms with E-state index in [0.717, 1.165) is 45.2 Å². The first-order chi connectivity index (χ1) is 18.6. The van der Waals surface area contributed by atoms with E-state index in [1.807, 2.05) is 0 Å². The normalized spacial score (nSPS) is 18.2. The standard InChI is InChI=1S/C17H32N2O4.C12H24N2O2/c1-17(2,3)23-16(21)18-14(15(20)22-4)10-6-9-13-19-11-7-5-8-12-19;1-16-12(15)11(13)7-3-6-10-14-8-4-2-5-9-14/h14H,5-13H2,1-4H3,(H,18,21);11H,2-10,13H2,1H3/t14-;11-/m11/s1. The largest absolute Gasteiger partial charge is 0.468 e. The highest BCUT2D eigenvalue weighted by Gasteiger charge is 2.24. The molecule has 228 valence electrons. The van der Waals surface area contributed by atoms with Crippen molar-refractivity contribution in [1.29, 1.82) is 0 Å². The van der Waals surface area contributed by atoms with Gasteiger partial charge in [0.25, 0.3) is 0 Å². The fourth-order valence-corrected chi connectivity index (χ4v) is 4.86. The van der Waals surface area contributed by atoms with E-state index < -0.39 is 29.7 Å². The van der Waals surface area contributed by atoms with Gasteiger partial charge in [0.15, 0.2) is 0 Å². The van der Waals surface area contributed by atoms with E-state index in [-0.39, 0.29) is 5.97 Å². The minimum Gasteiger partial charge on any atom is -0.468 e. The molecule has 2 saturated heterocycles. The third-order valence-electron chi connectivity index (χ3n) is 7.03. The first-order valence-electron chi connectivity index (χ1n) is 14.9. The van der Waals surface area contributed by atoms with Crippen LogP contribution in [0.25, 0.3) is 0 Å². The number of methoxy groups -OCH3 is 2. The average molecular weight is 557 g/mol. The third kappa shape index (κ3) is 17.4. The number of nitrogens with one attached hydrogen (secondary N) is 1. The summed E-state index contributed by atoms with van der Waals surface area (Å²) in [6, 6.07) is -1.08. The zero-order valence-corrected chi connectivity index (χ0v) is 25.3. The van der Waals surface area contributed by atoms with E-state index in [2.05, 4.69) is 19.9 Å². The molecule has 0 spiro atoms. The number of hydrogen-bond donors (Lipinski definition) is 2. The summed E-state index contributed by atoms with van der Waals surface area (Å²) >= 11 is 0. The molecular weight excluding hydrogens is 500 g/mol. The number of ether oxygens (including phenoxy) is 3. The van der Waals surface area contributed by atoms with E-state index in [4.69, 9.17) is 15.2 Å². The topological polar surface area (TPSA) is 123 Å². The van der Waals surface area contributed by atoms with E-state index in [1.54, 1.807) is 20.8 Å². The van der Waals surface area contributed by atoms with Crippen molar-refractivity contribution in [3.63, 3.8) is 0 Å². The van der Waals surface area contributed by atoms with Crippen LogP contribution in [-0.2, 0) is 23.8 Å². The van der Waals surface area contributed by atoms with Crippen LogP contribution in [0.4, 0.5) is 4.79 Å². The van der Waals surface area contributed by atoms with E-state index >= 15 is 0 Å². The van der Waals surface area contributed by atoms with Gasteiger partial charge in [-0.05, 0) is 118 Å². The van der Waals surface area contributed by atoms with Crippen molar-refractivity contribution in [1.82, 2.24) is 15.1 Å². The van der Waals surface area contributed by atoms with Gasteiger partial charge in [0.2, 0.25) is 0 Å². The molecule has 0 unspecified atom stereocenters. The lowest BCUT2D eigenvalue weighted by Gasteiger charge is -2.26. The zero-order valence-electron chi connectivity index (χ0n) is 25.3. The minimum atomic E-state index is -0.642. The van der Waals surface area contributed by atoms with Crippen LogP contribution < -0.4 is 11.1 Å². The Balaban J connectivity index is 0.000000416. The van der Waals surface area contributed by atoms with Crippen LogP contribution >= 0.6 is 0 Å². The second-order valence-corrected chi connectivity index (χ2v) is 11.6. The Morgan fingerprint density at radius 3 is 1.64 bits per heavy atom. The number of esters is 2. The number of hydrogen-bond acceptors (Lipinski definition) is 9. The van der Waals surface area contributed by atoms with Gasteiger partial charge in [0.1, 0.15) is 17.7 Å². The fraction of sp³-hybridized carbons (Fsp3) is 0.897. The third-order valence-corrected chi connectivity index (χ3v) is 7.03. The summed E-state index contributed by atoms with van der Waals surface area (Å²) in [7, 11) is 2.72. The molecule has 2 aliphatic rings. The monoisotopic (exact) mass is 556 g/mol. The molecule has 2 fully saturated rings. The maximum Gasteiger partial charge on any atom is 0.408 e.